The van der Waals surface area contributed by atoms with Gasteiger partial charge >= 0.3 is 0 Å². The third-order valence-electron chi connectivity index (χ3n) is 7.26. The molecule has 2 aliphatic carbocycles. The molecule has 0 heterocycles. The van der Waals surface area contributed by atoms with Gasteiger partial charge in [-0.25, -0.2) is 0 Å². The molecule has 0 spiro atoms. The maximum absolute atomic E-state index is 4.13. The first-order valence-corrected chi connectivity index (χ1v) is 13.3. The van der Waals surface area contributed by atoms with Crippen LogP contribution >= 0.6 is 31.9 Å². The molecule has 0 radical (unpaired) electrons. The molecule has 0 saturated heterocycles. The topological polar surface area (TPSA) is 3.24 Å². The van der Waals surface area contributed by atoms with Crippen LogP contribution in [-0.2, 0) is 21.6 Å². The van der Waals surface area contributed by atoms with Gasteiger partial charge in [-0.2, -0.15) is 0 Å². The van der Waals surface area contributed by atoms with Crippen LogP contribution in [0.3, 0.4) is 0 Å². The Morgan fingerprint density at radius 1 is 0.833 bits per heavy atom. The van der Waals surface area contributed by atoms with Crippen LogP contribution in [0.5, 0.6) is 0 Å². The molecular formula is C27H35Br2N. The zero-order valence-corrected chi connectivity index (χ0v) is 21.6. The monoisotopic (exact) mass is 531 g/mol. The van der Waals surface area contributed by atoms with Gasteiger partial charge in [0.05, 0.1) is 8.65 Å². The highest BCUT2D eigenvalue weighted by Gasteiger charge is 2.42. The average Bonchev–Trinajstić information content (AvgIpc) is 2.70. The molecule has 0 amide bonds. The lowest BCUT2D eigenvalue weighted by molar-refractivity contribution is 0.210. The summed E-state index contributed by atoms with van der Waals surface area (Å²) in [4.78, 5) is 2.62. The number of nitrogens with zero attached hydrogens (tertiary/aromatic N) is 1. The van der Waals surface area contributed by atoms with Crippen molar-refractivity contribution in [1.82, 2.24) is 4.90 Å². The Bertz CT molecular complexity index is 799. The van der Waals surface area contributed by atoms with E-state index in [0.717, 1.165) is 13.1 Å². The molecule has 2 fully saturated rings. The van der Waals surface area contributed by atoms with Gasteiger partial charge in [-0.15, -0.1) is 0 Å². The van der Waals surface area contributed by atoms with E-state index in [1.807, 2.05) is 0 Å². The molecule has 4 rings (SSSR count). The van der Waals surface area contributed by atoms with E-state index in [2.05, 4.69) is 99.1 Å². The largest absolute Gasteiger partial charge is 0.297 e. The summed E-state index contributed by atoms with van der Waals surface area (Å²) in [5.74, 6) is 0. The van der Waals surface area contributed by atoms with Gasteiger partial charge in [0.1, 0.15) is 0 Å². The summed E-state index contributed by atoms with van der Waals surface area (Å²) in [7, 11) is 0. The fraction of sp³-hybridized carbons (Fsp3) is 0.556. The molecule has 0 atom stereocenters. The number of rotatable bonds is 9. The van der Waals surface area contributed by atoms with E-state index in [1.54, 1.807) is 16.7 Å². The van der Waals surface area contributed by atoms with E-state index in [4.69, 9.17) is 0 Å². The highest BCUT2D eigenvalue weighted by atomic mass is 79.9. The molecule has 162 valence electrons. The lowest BCUT2D eigenvalue weighted by atomic mass is 9.72. The van der Waals surface area contributed by atoms with Gasteiger partial charge in [-0.1, -0.05) is 80.4 Å². The van der Waals surface area contributed by atoms with Gasteiger partial charge in [-0.05, 0) is 94.0 Å². The van der Waals surface area contributed by atoms with Gasteiger partial charge in [0.25, 0.3) is 0 Å². The summed E-state index contributed by atoms with van der Waals surface area (Å²) >= 11 is 8.26. The van der Waals surface area contributed by atoms with Gasteiger partial charge in [-0.3, -0.25) is 4.90 Å². The van der Waals surface area contributed by atoms with E-state index in [1.165, 1.54) is 56.9 Å². The van der Waals surface area contributed by atoms with Crippen molar-refractivity contribution in [2.75, 3.05) is 6.54 Å². The predicted octanol–water partition coefficient (Wildman–Crippen LogP) is 8.08. The molecule has 30 heavy (non-hydrogen) atoms. The van der Waals surface area contributed by atoms with Crippen LogP contribution in [0.2, 0.25) is 0 Å². The molecule has 0 unspecified atom stereocenters. The summed E-state index contributed by atoms with van der Waals surface area (Å²) < 4.78 is 0.431. The maximum Gasteiger partial charge on any atom is 0.0508 e. The Hall–Kier alpha value is -0.640. The highest BCUT2D eigenvalue weighted by Crippen LogP contribution is 2.55. The molecular weight excluding hydrogens is 498 g/mol. The second kappa shape index (κ2) is 9.46. The predicted molar refractivity (Wildman–Crippen MR) is 136 cm³/mol. The van der Waals surface area contributed by atoms with Crippen molar-refractivity contribution in [3.63, 3.8) is 0 Å². The van der Waals surface area contributed by atoms with Crippen LogP contribution in [0.1, 0.15) is 81.0 Å². The van der Waals surface area contributed by atoms with Crippen molar-refractivity contribution in [2.45, 2.75) is 86.4 Å². The minimum absolute atomic E-state index is 0.216. The van der Waals surface area contributed by atoms with Crippen LogP contribution in [0.4, 0.5) is 0 Å². The first-order chi connectivity index (χ1) is 14.4. The minimum Gasteiger partial charge on any atom is -0.297 e. The Kier molecular flexibility index (Phi) is 7.11. The SMILES string of the molecule is CC(C)N(CCCc1c(C2(Br)CCC2)cccc1C1(Br)CCC1)Cc1ccccc1. The smallest absolute Gasteiger partial charge is 0.0508 e. The molecule has 2 aromatic rings. The summed E-state index contributed by atoms with van der Waals surface area (Å²) in [6.07, 6.45) is 10.1. The standard InChI is InChI=1S/C27H35Br2N/c1-21(2)30(20-22-10-4-3-5-11-22)19-7-12-23-24(26(28)15-8-16-26)13-6-14-25(23)27(29)17-9-18-27/h3-6,10-11,13-14,21H,7-9,12,15-20H2,1-2H3. The molecule has 2 aromatic carbocycles. The Balaban J connectivity index is 1.51. The van der Waals surface area contributed by atoms with Crippen molar-refractivity contribution >= 4 is 31.9 Å². The molecule has 0 bridgehead atoms. The third-order valence-corrected chi connectivity index (χ3v) is 9.70. The first-order valence-electron chi connectivity index (χ1n) is 11.7. The summed E-state index contributed by atoms with van der Waals surface area (Å²) in [5, 5.41) is 0. The van der Waals surface area contributed by atoms with Gasteiger partial charge < -0.3 is 0 Å². The van der Waals surface area contributed by atoms with Crippen molar-refractivity contribution in [3.05, 3.63) is 70.8 Å². The Morgan fingerprint density at radius 3 is 1.87 bits per heavy atom. The van der Waals surface area contributed by atoms with Crippen LogP contribution in [0.15, 0.2) is 48.5 Å². The molecule has 0 aliphatic heterocycles. The van der Waals surface area contributed by atoms with E-state index >= 15 is 0 Å². The van der Waals surface area contributed by atoms with Crippen LogP contribution < -0.4 is 0 Å². The lowest BCUT2D eigenvalue weighted by Crippen LogP contribution is -2.34. The highest BCUT2D eigenvalue weighted by molar-refractivity contribution is 9.10. The van der Waals surface area contributed by atoms with Crippen LogP contribution in [-0.4, -0.2) is 17.5 Å². The molecule has 0 N–H and O–H groups in total. The second-order valence-corrected chi connectivity index (χ2v) is 12.7. The molecule has 0 aromatic heterocycles. The van der Waals surface area contributed by atoms with Crippen molar-refractivity contribution in [2.24, 2.45) is 0 Å². The van der Waals surface area contributed by atoms with Crippen molar-refractivity contribution < 1.29 is 0 Å². The van der Waals surface area contributed by atoms with Gasteiger partial charge in [0.2, 0.25) is 0 Å². The fourth-order valence-electron chi connectivity index (χ4n) is 5.01. The minimum atomic E-state index is 0.216. The number of halogens is 2. The Morgan fingerprint density at radius 2 is 1.40 bits per heavy atom. The number of benzene rings is 2. The Labute approximate surface area is 199 Å². The third kappa shape index (κ3) is 4.74. The summed E-state index contributed by atoms with van der Waals surface area (Å²) in [6, 6.07) is 18.6. The van der Waals surface area contributed by atoms with Gasteiger partial charge in [0.15, 0.2) is 0 Å². The normalized spacial score (nSPS) is 19.5. The lowest BCUT2D eigenvalue weighted by Gasteiger charge is -2.43. The van der Waals surface area contributed by atoms with Crippen LogP contribution in [0.25, 0.3) is 0 Å². The van der Waals surface area contributed by atoms with Crippen molar-refractivity contribution in [1.29, 1.82) is 0 Å². The zero-order chi connectivity index (χ0) is 21.2. The van der Waals surface area contributed by atoms with E-state index in [9.17, 15) is 0 Å². The van der Waals surface area contributed by atoms with E-state index in [0.29, 0.717) is 6.04 Å². The quantitative estimate of drug-likeness (QED) is 0.295. The van der Waals surface area contributed by atoms with Crippen molar-refractivity contribution in [3.8, 4) is 0 Å². The molecule has 2 saturated carbocycles. The number of alkyl halides is 2. The van der Waals surface area contributed by atoms with Gasteiger partial charge in [0, 0.05) is 12.6 Å². The first kappa shape index (κ1) is 22.6. The second-order valence-electron chi connectivity index (χ2n) is 9.62. The zero-order valence-electron chi connectivity index (χ0n) is 18.5. The molecule has 2 aliphatic rings. The number of hydrogen-bond acceptors (Lipinski definition) is 1. The summed E-state index contributed by atoms with van der Waals surface area (Å²) in [6.45, 7) is 6.83. The van der Waals surface area contributed by atoms with E-state index in [-0.39, 0.29) is 8.65 Å². The summed E-state index contributed by atoms with van der Waals surface area (Å²) in [5.41, 5.74) is 6.16. The average molecular weight is 533 g/mol. The van der Waals surface area contributed by atoms with E-state index < -0.39 is 0 Å². The molecule has 3 heteroatoms. The fourth-order valence-corrected chi connectivity index (χ4v) is 6.87. The molecule has 1 nitrogen and oxygen atoms in total. The maximum atomic E-state index is 4.13. The van der Waals surface area contributed by atoms with Crippen LogP contribution in [0, 0.1) is 0 Å². The number of hydrogen-bond donors (Lipinski definition) is 0.